The number of fused-ring (bicyclic) bond motifs is 1. The van der Waals surface area contributed by atoms with Gasteiger partial charge in [-0.15, -0.1) is 0 Å². The van der Waals surface area contributed by atoms with E-state index in [2.05, 4.69) is 33.0 Å². The highest BCUT2D eigenvalue weighted by Crippen LogP contribution is 2.53. The molecule has 0 aromatic rings. The molecule has 0 bridgehead atoms. The maximum atomic E-state index is 5.89. The Hall–Kier alpha value is -0.0800. The lowest BCUT2D eigenvalue weighted by Gasteiger charge is -2.56. The minimum Gasteiger partial charge on any atom is -0.377 e. The van der Waals surface area contributed by atoms with Gasteiger partial charge >= 0.3 is 0 Å². The lowest BCUT2D eigenvalue weighted by Crippen LogP contribution is -2.67. The molecule has 2 heteroatoms. The van der Waals surface area contributed by atoms with Crippen LogP contribution in [-0.4, -0.2) is 24.8 Å². The molecule has 6 unspecified atom stereocenters. The molecule has 0 spiro atoms. The van der Waals surface area contributed by atoms with Gasteiger partial charge in [-0.25, -0.2) is 0 Å². The molecule has 1 aliphatic heterocycles. The van der Waals surface area contributed by atoms with Gasteiger partial charge in [-0.1, -0.05) is 34.1 Å². The van der Waals surface area contributed by atoms with Crippen molar-refractivity contribution in [3.8, 4) is 0 Å². The first kappa shape index (κ1) is 12.9. The molecule has 3 rings (SSSR count). The topological polar surface area (TPSA) is 21.3 Å². The molecular formula is C16H29NO. The SMILES string of the molecule is CCC1CCC(NC2C3CCOC3C2(C)C)C1C. The van der Waals surface area contributed by atoms with Crippen LogP contribution in [0.1, 0.15) is 53.4 Å². The molecule has 6 atom stereocenters. The zero-order chi connectivity index (χ0) is 12.9. The zero-order valence-electron chi connectivity index (χ0n) is 12.4. The Balaban J connectivity index is 1.63. The summed E-state index contributed by atoms with van der Waals surface area (Å²) in [5.74, 6) is 2.58. The highest BCUT2D eigenvalue weighted by atomic mass is 16.5. The van der Waals surface area contributed by atoms with Crippen LogP contribution in [0, 0.1) is 23.2 Å². The Morgan fingerprint density at radius 1 is 1.22 bits per heavy atom. The van der Waals surface area contributed by atoms with E-state index in [1.54, 1.807) is 0 Å². The summed E-state index contributed by atoms with van der Waals surface area (Å²) >= 11 is 0. The first-order valence-electron chi connectivity index (χ1n) is 7.93. The van der Waals surface area contributed by atoms with E-state index in [9.17, 15) is 0 Å². The summed E-state index contributed by atoms with van der Waals surface area (Å²) in [6, 6.07) is 1.44. The van der Waals surface area contributed by atoms with Gasteiger partial charge in [0.1, 0.15) is 0 Å². The van der Waals surface area contributed by atoms with Gasteiger partial charge in [-0.2, -0.15) is 0 Å². The van der Waals surface area contributed by atoms with E-state index in [0.29, 0.717) is 17.6 Å². The summed E-state index contributed by atoms with van der Waals surface area (Å²) < 4.78 is 5.89. The lowest BCUT2D eigenvalue weighted by atomic mass is 9.57. The molecule has 0 amide bonds. The minimum absolute atomic E-state index is 0.338. The third kappa shape index (κ3) is 1.76. The molecular weight excluding hydrogens is 222 g/mol. The van der Waals surface area contributed by atoms with Crippen molar-refractivity contribution >= 4 is 0 Å². The fourth-order valence-corrected chi connectivity index (χ4v) is 4.95. The van der Waals surface area contributed by atoms with Gasteiger partial charge < -0.3 is 10.1 Å². The second kappa shape index (κ2) is 4.49. The average Bonchev–Trinajstić information content (AvgIpc) is 2.91. The van der Waals surface area contributed by atoms with E-state index in [0.717, 1.165) is 30.4 Å². The predicted octanol–water partition coefficient (Wildman–Crippen LogP) is 3.21. The molecule has 0 aromatic heterocycles. The van der Waals surface area contributed by atoms with Crippen molar-refractivity contribution in [1.82, 2.24) is 5.32 Å². The molecule has 2 aliphatic carbocycles. The smallest absolute Gasteiger partial charge is 0.0685 e. The quantitative estimate of drug-likeness (QED) is 0.831. The van der Waals surface area contributed by atoms with Crippen molar-refractivity contribution in [2.45, 2.75) is 71.6 Å². The number of nitrogens with one attached hydrogen (secondary N) is 1. The van der Waals surface area contributed by atoms with E-state index in [4.69, 9.17) is 4.74 Å². The number of rotatable bonds is 3. The van der Waals surface area contributed by atoms with Gasteiger partial charge in [-0.3, -0.25) is 0 Å². The van der Waals surface area contributed by atoms with Crippen LogP contribution in [0.4, 0.5) is 0 Å². The second-order valence-electron chi connectivity index (χ2n) is 7.42. The molecule has 0 radical (unpaired) electrons. The van der Waals surface area contributed by atoms with Gasteiger partial charge in [0.25, 0.3) is 0 Å². The van der Waals surface area contributed by atoms with E-state index in [1.165, 1.54) is 25.7 Å². The first-order chi connectivity index (χ1) is 8.55. The number of hydrogen-bond acceptors (Lipinski definition) is 2. The van der Waals surface area contributed by atoms with Crippen LogP contribution >= 0.6 is 0 Å². The Bertz CT molecular complexity index is 314. The Labute approximate surface area is 112 Å². The van der Waals surface area contributed by atoms with E-state index in [-0.39, 0.29) is 0 Å². The standard InChI is InChI=1S/C16H29NO/c1-5-11-6-7-13(10(11)2)17-14-12-8-9-18-15(12)16(14,3)4/h10-15,17H,5-9H2,1-4H3. The van der Waals surface area contributed by atoms with Crippen LogP contribution in [-0.2, 0) is 4.74 Å². The second-order valence-corrected chi connectivity index (χ2v) is 7.42. The Kier molecular flexibility index (Phi) is 3.22. The summed E-state index contributed by atoms with van der Waals surface area (Å²) in [4.78, 5) is 0. The highest BCUT2D eigenvalue weighted by Gasteiger charge is 2.59. The third-order valence-electron chi connectivity index (χ3n) is 6.25. The molecule has 1 heterocycles. The first-order valence-corrected chi connectivity index (χ1v) is 7.93. The molecule has 3 fully saturated rings. The van der Waals surface area contributed by atoms with Crippen molar-refractivity contribution in [3.05, 3.63) is 0 Å². The molecule has 3 aliphatic rings. The van der Waals surface area contributed by atoms with E-state index in [1.807, 2.05) is 0 Å². The van der Waals surface area contributed by atoms with Gasteiger partial charge in [-0.05, 0) is 31.1 Å². The number of hydrogen-bond donors (Lipinski definition) is 1. The third-order valence-corrected chi connectivity index (χ3v) is 6.25. The average molecular weight is 251 g/mol. The van der Waals surface area contributed by atoms with Gasteiger partial charge in [0, 0.05) is 30.0 Å². The van der Waals surface area contributed by atoms with E-state index >= 15 is 0 Å². The maximum absolute atomic E-state index is 5.89. The molecule has 2 saturated carbocycles. The van der Waals surface area contributed by atoms with Crippen molar-refractivity contribution in [2.24, 2.45) is 23.2 Å². The van der Waals surface area contributed by atoms with Gasteiger partial charge in [0.15, 0.2) is 0 Å². The maximum Gasteiger partial charge on any atom is 0.0685 e. The van der Waals surface area contributed by atoms with Crippen LogP contribution in [0.15, 0.2) is 0 Å². The van der Waals surface area contributed by atoms with Crippen molar-refractivity contribution in [3.63, 3.8) is 0 Å². The zero-order valence-corrected chi connectivity index (χ0v) is 12.4. The van der Waals surface area contributed by atoms with Crippen LogP contribution < -0.4 is 5.32 Å². The van der Waals surface area contributed by atoms with Gasteiger partial charge in [0.2, 0.25) is 0 Å². The predicted molar refractivity (Wildman–Crippen MR) is 74.5 cm³/mol. The fraction of sp³-hybridized carbons (Fsp3) is 1.00. The van der Waals surface area contributed by atoms with Crippen LogP contribution in [0.5, 0.6) is 0 Å². The van der Waals surface area contributed by atoms with Crippen molar-refractivity contribution in [2.75, 3.05) is 6.61 Å². The van der Waals surface area contributed by atoms with Crippen LogP contribution in [0.25, 0.3) is 0 Å². The van der Waals surface area contributed by atoms with Crippen LogP contribution in [0.2, 0.25) is 0 Å². The van der Waals surface area contributed by atoms with Crippen molar-refractivity contribution in [1.29, 1.82) is 0 Å². The molecule has 18 heavy (non-hydrogen) atoms. The molecule has 1 saturated heterocycles. The van der Waals surface area contributed by atoms with E-state index < -0.39 is 0 Å². The molecule has 1 N–H and O–H groups in total. The Morgan fingerprint density at radius 3 is 2.67 bits per heavy atom. The summed E-state index contributed by atoms with van der Waals surface area (Å²) in [5, 5.41) is 4.01. The fourth-order valence-electron chi connectivity index (χ4n) is 4.95. The summed E-state index contributed by atoms with van der Waals surface area (Å²) in [5.41, 5.74) is 0.338. The minimum atomic E-state index is 0.338. The normalized spacial score (nSPS) is 50.0. The molecule has 104 valence electrons. The van der Waals surface area contributed by atoms with Crippen molar-refractivity contribution < 1.29 is 4.74 Å². The highest BCUT2D eigenvalue weighted by molar-refractivity contribution is 5.12. The number of ether oxygens (including phenoxy) is 1. The summed E-state index contributed by atoms with van der Waals surface area (Å²) in [6.45, 7) is 10.5. The molecule has 0 aromatic carbocycles. The largest absolute Gasteiger partial charge is 0.377 e. The van der Waals surface area contributed by atoms with Crippen LogP contribution in [0.3, 0.4) is 0 Å². The van der Waals surface area contributed by atoms with Gasteiger partial charge in [0.05, 0.1) is 6.10 Å². The Morgan fingerprint density at radius 2 is 2.00 bits per heavy atom. The molecule has 2 nitrogen and oxygen atoms in total. The summed E-state index contributed by atoms with van der Waals surface area (Å²) in [7, 11) is 0. The lowest BCUT2D eigenvalue weighted by molar-refractivity contribution is -0.116. The summed E-state index contributed by atoms with van der Waals surface area (Å²) in [6.07, 6.45) is 5.94. The monoisotopic (exact) mass is 251 g/mol.